The van der Waals surface area contributed by atoms with Gasteiger partial charge in [-0.3, -0.25) is 4.79 Å². The molecule has 0 radical (unpaired) electrons. The minimum atomic E-state index is 0.414. The predicted octanol–water partition coefficient (Wildman–Crippen LogP) is 2.62. The predicted molar refractivity (Wildman–Crippen MR) is 64.3 cm³/mol. The molecule has 2 nitrogen and oxygen atoms in total. The zero-order valence-electron chi connectivity index (χ0n) is 10.3. The number of carbonyl (C=O) groups excluding carboxylic acids is 1. The SMILES string of the molecule is CN1C2CCC1CC(C(=O)C1CCCC1)C2. The van der Waals surface area contributed by atoms with Crippen LogP contribution in [0, 0.1) is 11.8 Å². The molecule has 0 aromatic carbocycles. The minimum Gasteiger partial charge on any atom is -0.300 e. The molecule has 0 aromatic rings. The van der Waals surface area contributed by atoms with E-state index in [1.807, 2.05) is 0 Å². The average molecular weight is 221 g/mol. The van der Waals surface area contributed by atoms with Crippen molar-refractivity contribution in [1.82, 2.24) is 4.90 Å². The van der Waals surface area contributed by atoms with Crippen LogP contribution >= 0.6 is 0 Å². The van der Waals surface area contributed by atoms with Crippen molar-refractivity contribution in [3.05, 3.63) is 0 Å². The number of Topliss-reactive ketones (excluding diaryl/α,β-unsaturated/α-hetero) is 1. The summed E-state index contributed by atoms with van der Waals surface area (Å²) < 4.78 is 0. The average Bonchev–Trinajstić information content (AvgIpc) is 2.85. The van der Waals surface area contributed by atoms with Crippen molar-refractivity contribution in [2.45, 2.75) is 63.5 Å². The highest BCUT2D eigenvalue weighted by Gasteiger charge is 2.42. The summed E-state index contributed by atoms with van der Waals surface area (Å²) >= 11 is 0. The Kier molecular flexibility index (Phi) is 2.78. The Morgan fingerprint density at radius 1 is 0.938 bits per heavy atom. The fourth-order valence-corrected chi connectivity index (χ4v) is 4.19. The molecule has 1 aliphatic carbocycles. The van der Waals surface area contributed by atoms with Gasteiger partial charge in [0.1, 0.15) is 5.78 Å². The van der Waals surface area contributed by atoms with Crippen LogP contribution in [0.25, 0.3) is 0 Å². The summed E-state index contributed by atoms with van der Waals surface area (Å²) in [5, 5.41) is 0. The molecule has 2 aliphatic heterocycles. The number of rotatable bonds is 2. The topological polar surface area (TPSA) is 20.3 Å². The van der Waals surface area contributed by atoms with E-state index >= 15 is 0 Å². The summed E-state index contributed by atoms with van der Waals surface area (Å²) in [7, 11) is 2.25. The molecule has 3 rings (SSSR count). The van der Waals surface area contributed by atoms with Crippen molar-refractivity contribution in [2.75, 3.05) is 7.05 Å². The number of fused-ring (bicyclic) bond motifs is 2. The third kappa shape index (κ3) is 1.71. The van der Waals surface area contributed by atoms with Crippen LogP contribution in [0.5, 0.6) is 0 Å². The van der Waals surface area contributed by atoms with Crippen LogP contribution in [0.1, 0.15) is 51.4 Å². The molecule has 0 aromatic heterocycles. The van der Waals surface area contributed by atoms with Crippen LogP contribution in [0.3, 0.4) is 0 Å². The standard InChI is InChI=1S/C14H23NO/c1-15-12-6-7-13(15)9-11(8-12)14(16)10-4-2-3-5-10/h10-13H,2-9H2,1H3. The highest BCUT2D eigenvalue weighted by Crippen LogP contribution is 2.40. The van der Waals surface area contributed by atoms with E-state index in [9.17, 15) is 4.79 Å². The Bertz CT molecular complexity index is 268. The highest BCUT2D eigenvalue weighted by atomic mass is 16.1. The van der Waals surface area contributed by atoms with Crippen molar-refractivity contribution in [3.63, 3.8) is 0 Å². The molecule has 3 aliphatic rings. The molecule has 2 atom stereocenters. The second kappa shape index (κ2) is 4.14. The van der Waals surface area contributed by atoms with Gasteiger partial charge in [0.25, 0.3) is 0 Å². The second-order valence-corrected chi connectivity index (χ2v) is 6.10. The fraction of sp³-hybridized carbons (Fsp3) is 0.929. The van der Waals surface area contributed by atoms with E-state index in [0.29, 0.717) is 29.7 Å². The lowest BCUT2D eigenvalue weighted by atomic mass is 9.82. The Hall–Kier alpha value is -0.370. The first kappa shape index (κ1) is 10.8. The van der Waals surface area contributed by atoms with E-state index in [2.05, 4.69) is 11.9 Å². The fourth-order valence-electron chi connectivity index (χ4n) is 4.19. The largest absolute Gasteiger partial charge is 0.300 e. The lowest BCUT2D eigenvalue weighted by Crippen LogP contribution is -2.43. The molecule has 2 heteroatoms. The Labute approximate surface area is 98.4 Å². The van der Waals surface area contributed by atoms with E-state index in [-0.39, 0.29) is 0 Å². The van der Waals surface area contributed by atoms with Crippen LogP contribution in [0.2, 0.25) is 0 Å². The molecule has 2 saturated heterocycles. The number of hydrogen-bond acceptors (Lipinski definition) is 2. The maximum absolute atomic E-state index is 12.4. The van der Waals surface area contributed by atoms with Gasteiger partial charge in [0.05, 0.1) is 0 Å². The first-order chi connectivity index (χ1) is 7.75. The van der Waals surface area contributed by atoms with E-state index in [1.165, 1.54) is 38.5 Å². The van der Waals surface area contributed by atoms with Gasteiger partial charge in [-0.2, -0.15) is 0 Å². The molecule has 90 valence electrons. The molecule has 3 fully saturated rings. The van der Waals surface area contributed by atoms with Crippen LogP contribution in [0.15, 0.2) is 0 Å². The quantitative estimate of drug-likeness (QED) is 0.714. The molecule has 2 heterocycles. The number of nitrogens with zero attached hydrogens (tertiary/aromatic N) is 1. The summed E-state index contributed by atoms with van der Waals surface area (Å²) in [6, 6.07) is 1.43. The normalized spacial score (nSPS) is 40.4. The van der Waals surface area contributed by atoms with Gasteiger partial charge in [-0.15, -0.1) is 0 Å². The molecule has 0 spiro atoms. The Morgan fingerprint density at radius 2 is 1.50 bits per heavy atom. The zero-order valence-corrected chi connectivity index (χ0v) is 10.3. The lowest BCUT2D eigenvalue weighted by Gasteiger charge is -2.36. The van der Waals surface area contributed by atoms with Crippen LogP contribution in [-0.4, -0.2) is 29.8 Å². The first-order valence-corrected chi connectivity index (χ1v) is 7.01. The van der Waals surface area contributed by atoms with Gasteiger partial charge in [0.2, 0.25) is 0 Å². The molecule has 16 heavy (non-hydrogen) atoms. The molecular weight excluding hydrogens is 198 g/mol. The van der Waals surface area contributed by atoms with Crippen molar-refractivity contribution >= 4 is 5.78 Å². The van der Waals surface area contributed by atoms with Crippen LogP contribution < -0.4 is 0 Å². The number of ketones is 1. The summed E-state index contributed by atoms with van der Waals surface area (Å²) in [5.74, 6) is 1.48. The summed E-state index contributed by atoms with van der Waals surface area (Å²) in [6.07, 6.45) is 9.91. The van der Waals surface area contributed by atoms with Crippen molar-refractivity contribution in [2.24, 2.45) is 11.8 Å². The lowest BCUT2D eigenvalue weighted by molar-refractivity contribution is -0.128. The monoisotopic (exact) mass is 221 g/mol. The molecule has 0 amide bonds. The van der Waals surface area contributed by atoms with Gasteiger partial charge in [-0.25, -0.2) is 0 Å². The summed E-state index contributed by atoms with van der Waals surface area (Å²) in [5.41, 5.74) is 0. The zero-order chi connectivity index (χ0) is 11.1. The van der Waals surface area contributed by atoms with Gasteiger partial charge >= 0.3 is 0 Å². The van der Waals surface area contributed by atoms with Gasteiger partial charge < -0.3 is 4.90 Å². The molecule has 1 saturated carbocycles. The number of piperidine rings is 1. The third-order valence-electron chi connectivity index (χ3n) is 5.26. The van der Waals surface area contributed by atoms with Gasteiger partial charge in [0.15, 0.2) is 0 Å². The highest BCUT2D eigenvalue weighted by molar-refractivity contribution is 5.83. The van der Waals surface area contributed by atoms with Crippen LogP contribution in [-0.2, 0) is 4.79 Å². The van der Waals surface area contributed by atoms with Crippen molar-refractivity contribution < 1.29 is 4.79 Å². The van der Waals surface area contributed by atoms with E-state index < -0.39 is 0 Å². The number of carbonyl (C=O) groups is 1. The maximum Gasteiger partial charge on any atom is 0.139 e. The maximum atomic E-state index is 12.4. The smallest absolute Gasteiger partial charge is 0.139 e. The minimum absolute atomic E-state index is 0.414. The summed E-state index contributed by atoms with van der Waals surface area (Å²) in [4.78, 5) is 14.9. The molecular formula is C14H23NO. The first-order valence-electron chi connectivity index (χ1n) is 7.01. The molecule has 2 bridgehead atoms. The summed E-state index contributed by atoms with van der Waals surface area (Å²) in [6.45, 7) is 0. The van der Waals surface area contributed by atoms with Gasteiger partial charge in [-0.1, -0.05) is 12.8 Å². The number of hydrogen-bond donors (Lipinski definition) is 0. The Balaban J connectivity index is 1.66. The van der Waals surface area contributed by atoms with E-state index in [4.69, 9.17) is 0 Å². The third-order valence-corrected chi connectivity index (χ3v) is 5.26. The van der Waals surface area contributed by atoms with Crippen LogP contribution in [0.4, 0.5) is 0 Å². The van der Waals surface area contributed by atoms with Crippen molar-refractivity contribution in [1.29, 1.82) is 0 Å². The second-order valence-electron chi connectivity index (χ2n) is 6.10. The van der Waals surface area contributed by atoms with Gasteiger partial charge in [0, 0.05) is 23.9 Å². The van der Waals surface area contributed by atoms with E-state index in [1.54, 1.807) is 0 Å². The molecule has 0 N–H and O–H groups in total. The van der Waals surface area contributed by atoms with E-state index in [0.717, 1.165) is 12.8 Å². The Morgan fingerprint density at radius 3 is 2.06 bits per heavy atom. The van der Waals surface area contributed by atoms with Crippen molar-refractivity contribution in [3.8, 4) is 0 Å². The molecule has 2 unspecified atom stereocenters. The van der Waals surface area contributed by atoms with Gasteiger partial charge in [-0.05, 0) is 45.6 Å².